The summed E-state index contributed by atoms with van der Waals surface area (Å²) in [6.07, 6.45) is 2.08. The second-order valence-corrected chi connectivity index (χ2v) is 10.5. The van der Waals surface area contributed by atoms with E-state index in [-0.39, 0.29) is 11.3 Å². The van der Waals surface area contributed by atoms with Gasteiger partial charge in [0.2, 0.25) is 0 Å². The highest BCUT2D eigenvalue weighted by atomic mass is 32.2. The molecule has 0 saturated carbocycles. The zero-order valence-corrected chi connectivity index (χ0v) is 18.7. The maximum absolute atomic E-state index is 13.0. The van der Waals surface area contributed by atoms with Gasteiger partial charge in [-0.2, -0.15) is 0 Å². The number of benzene rings is 2. The quantitative estimate of drug-likeness (QED) is 0.793. The minimum absolute atomic E-state index is 0.00126. The number of hydrogen-bond donors (Lipinski definition) is 1. The normalized spacial score (nSPS) is 14.9. The number of sulfonamides is 1. The molecule has 1 amide bonds. The molecule has 1 aliphatic heterocycles. The topological polar surface area (TPSA) is 66.5 Å². The van der Waals surface area contributed by atoms with Crippen molar-refractivity contribution in [2.75, 3.05) is 17.8 Å². The number of hydrogen-bond acceptors (Lipinski definition) is 3. The Balaban J connectivity index is 1.83. The standard InChI is InChI=1S/C23H30N2O3S/c1-16-14-19(23(3,4)5)15-17(2)21(16)29(27,28)24-20-10-8-18(9-11-20)22(26)25-12-6-7-13-25/h8-11,14-15,24H,6-7,12-13H2,1-5H3. The van der Waals surface area contributed by atoms with Crippen molar-refractivity contribution in [2.24, 2.45) is 0 Å². The lowest BCUT2D eigenvalue weighted by atomic mass is 9.85. The van der Waals surface area contributed by atoms with Gasteiger partial charge in [-0.05, 0) is 73.1 Å². The highest BCUT2D eigenvalue weighted by Gasteiger charge is 2.24. The SMILES string of the molecule is Cc1cc(C(C)(C)C)cc(C)c1S(=O)(=O)Nc1ccc(C(=O)N2CCCC2)cc1. The summed E-state index contributed by atoms with van der Waals surface area (Å²) in [7, 11) is -3.73. The summed E-state index contributed by atoms with van der Waals surface area (Å²) in [6.45, 7) is 11.6. The van der Waals surface area contributed by atoms with E-state index in [9.17, 15) is 13.2 Å². The molecule has 0 aliphatic carbocycles. The number of carbonyl (C=O) groups excluding carboxylic acids is 1. The molecule has 1 N–H and O–H groups in total. The van der Waals surface area contributed by atoms with Crippen LogP contribution in [0.3, 0.4) is 0 Å². The van der Waals surface area contributed by atoms with Crippen LogP contribution in [0.5, 0.6) is 0 Å². The molecule has 1 aliphatic rings. The summed E-state index contributed by atoms with van der Waals surface area (Å²) in [5.74, 6) is 0.00126. The summed E-state index contributed by atoms with van der Waals surface area (Å²) < 4.78 is 28.7. The smallest absolute Gasteiger partial charge is 0.262 e. The zero-order chi connectivity index (χ0) is 21.4. The van der Waals surface area contributed by atoms with Crippen LogP contribution in [0.15, 0.2) is 41.3 Å². The van der Waals surface area contributed by atoms with Crippen molar-refractivity contribution in [1.29, 1.82) is 0 Å². The molecule has 156 valence electrons. The molecule has 2 aromatic carbocycles. The molecule has 1 saturated heterocycles. The second kappa shape index (κ2) is 7.82. The van der Waals surface area contributed by atoms with E-state index in [0.29, 0.717) is 16.1 Å². The number of nitrogens with one attached hydrogen (secondary N) is 1. The van der Waals surface area contributed by atoms with Crippen molar-refractivity contribution >= 4 is 21.6 Å². The van der Waals surface area contributed by atoms with Gasteiger partial charge in [0.1, 0.15) is 0 Å². The van der Waals surface area contributed by atoms with E-state index < -0.39 is 10.0 Å². The summed E-state index contributed by atoms with van der Waals surface area (Å²) in [5, 5.41) is 0. The van der Waals surface area contributed by atoms with Gasteiger partial charge in [-0.3, -0.25) is 9.52 Å². The first-order chi connectivity index (χ1) is 13.5. The van der Waals surface area contributed by atoms with Crippen LogP contribution in [0, 0.1) is 13.8 Å². The number of carbonyl (C=O) groups is 1. The summed E-state index contributed by atoms with van der Waals surface area (Å²) in [6, 6.07) is 10.5. The Hall–Kier alpha value is -2.34. The average Bonchev–Trinajstić information content (AvgIpc) is 3.14. The van der Waals surface area contributed by atoms with Gasteiger partial charge in [0.15, 0.2) is 0 Å². The van der Waals surface area contributed by atoms with E-state index in [1.54, 1.807) is 24.3 Å². The molecule has 1 fully saturated rings. The number of likely N-dealkylation sites (tertiary alicyclic amines) is 1. The van der Waals surface area contributed by atoms with Crippen LogP contribution >= 0.6 is 0 Å². The van der Waals surface area contributed by atoms with Crippen molar-refractivity contribution in [2.45, 2.75) is 57.8 Å². The summed E-state index contributed by atoms with van der Waals surface area (Å²) >= 11 is 0. The molecule has 1 heterocycles. The molecule has 0 spiro atoms. The van der Waals surface area contributed by atoms with Crippen LogP contribution < -0.4 is 4.72 Å². The molecular weight excluding hydrogens is 384 g/mol. The third kappa shape index (κ3) is 4.64. The number of anilines is 1. The van der Waals surface area contributed by atoms with Crippen molar-refractivity contribution in [3.05, 3.63) is 58.7 Å². The van der Waals surface area contributed by atoms with Crippen molar-refractivity contribution in [3.63, 3.8) is 0 Å². The molecular formula is C23H30N2O3S. The van der Waals surface area contributed by atoms with E-state index in [1.165, 1.54) is 0 Å². The molecule has 0 aromatic heterocycles. The third-order valence-electron chi connectivity index (χ3n) is 5.37. The number of rotatable bonds is 4. The fraction of sp³-hybridized carbons (Fsp3) is 0.435. The first-order valence-electron chi connectivity index (χ1n) is 10.0. The molecule has 6 heteroatoms. The molecule has 3 rings (SSSR count). The van der Waals surface area contributed by atoms with Crippen LogP contribution in [-0.4, -0.2) is 32.3 Å². The highest BCUT2D eigenvalue weighted by Crippen LogP contribution is 2.30. The van der Waals surface area contributed by atoms with Gasteiger partial charge in [-0.25, -0.2) is 8.42 Å². The van der Waals surface area contributed by atoms with Gasteiger partial charge in [-0.1, -0.05) is 32.9 Å². The first kappa shape index (κ1) is 21.4. The molecule has 29 heavy (non-hydrogen) atoms. The van der Waals surface area contributed by atoms with Crippen molar-refractivity contribution < 1.29 is 13.2 Å². The largest absolute Gasteiger partial charge is 0.339 e. The van der Waals surface area contributed by atoms with Crippen LogP contribution in [0.2, 0.25) is 0 Å². The Morgan fingerprint density at radius 1 is 0.966 bits per heavy atom. The lowest BCUT2D eigenvalue weighted by Crippen LogP contribution is -2.27. The van der Waals surface area contributed by atoms with Crippen molar-refractivity contribution in [1.82, 2.24) is 4.90 Å². The molecule has 0 atom stereocenters. The van der Waals surface area contributed by atoms with Crippen LogP contribution in [-0.2, 0) is 15.4 Å². The van der Waals surface area contributed by atoms with E-state index in [4.69, 9.17) is 0 Å². The molecule has 0 bridgehead atoms. The minimum Gasteiger partial charge on any atom is -0.339 e. The molecule has 2 aromatic rings. The van der Waals surface area contributed by atoms with Gasteiger partial charge >= 0.3 is 0 Å². The first-order valence-corrected chi connectivity index (χ1v) is 11.5. The highest BCUT2D eigenvalue weighted by molar-refractivity contribution is 7.92. The van der Waals surface area contributed by atoms with Gasteiger partial charge < -0.3 is 4.90 Å². The van der Waals surface area contributed by atoms with E-state index in [2.05, 4.69) is 25.5 Å². The number of aryl methyl sites for hydroxylation is 2. The predicted octanol–water partition coefficient (Wildman–Crippen LogP) is 4.64. The average molecular weight is 415 g/mol. The number of amides is 1. The summed E-state index contributed by atoms with van der Waals surface area (Å²) in [5.41, 5.74) is 3.53. The van der Waals surface area contributed by atoms with Crippen LogP contribution in [0.25, 0.3) is 0 Å². The van der Waals surface area contributed by atoms with E-state index in [0.717, 1.165) is 42.6 Å². The lowest BCUT2D eigenvalue weighted by molar-refractivity contribution is 0.0793. The van der Waals surface area contributed by atoms with E-state index >= 15 is 0 Å². The number of nitrogens with zero attached hydrogens (tertiary/aromatic N) is 1. The Bertz CT molecular complexity index is 990. The Morgan fingerprint density at radius 3 is 1.97 bits per heavy atom. The third-order valence-corrected chi connectivity index (χ3v) is 7.06. The minimum atomic E-state index is -3.73. The predicted molar refractivity (Wildman–Crippen MR) is 117 cm³/mol. The maximum Gasteiger partial charge on any atom is 0.262 e. The fourth-order valence-electron chi connectivity index (χ4n) is 3.80. The Kier molecular flexibility index (Phi) is 5.77. The molecule has 5 nitrogen and oxygen atoms in total. The van der Waals surface area contributed by atoms with E-state index in [1.807, 2.05) is 30.9 Å². The molecule has 0 unspecified atom stereocenters. The fourth-order valence-corrected chi connectivity index (χ4v) is 5.31. The van der Waals surface area contributed by atoms with Crippen molar-refractivity contribution in [3.8, 4) is 0 Å². The Morgan fingerprint density at radius 2 is 1.48 bits per heavy atom. The lowest BCUT2D eigenvalue weighted by Gasteiger charge is -2.22. The van der Waals surface area contributed by atoms with Gasteiger partial charge in [-0.15, -0.1) is 0 Å². The van der Waals surface area contributed by atoms with Crippen LogP contribution in [0.1, 0.15) is 60.7 Å². The maximum atomic E-state index is 13.0. The van der Waals surface area contributed by atoms with Gasteiger partial charge in [0.25, 0.3) is 15.9 Å². The summed E-state index contributed by atoms with van der Waals surface area (Å²) in [4.78, 5) is 14.6. The van der Waals surface area contributed by atoms with Gasteiger partial charge in [0.05, 0.1) is 4.90 Å². The monoisotopic (exact) mass is 414 g/mol. The second-order valence-electron chi connectivity index (χ2n) is 8.87. The van der Waals surface area contributed by atoms with Gasteiger partial charge in [0, 0.05) is 24.3 Å². The molecule has 0 radical (unpaired) electrons. The van der Waals surface area contributed by atoms with Crippen LogP contribution in [0.4, 0.5) is 5.69 Å². The Labute approximate surface area is 174 Å². The zero-order valence-electron chi connectivity index (χ0n) is 17.9.